The predicted octanol–water partition coefficient (Wildman–Crippen LogP) is 5.99. The van der Waals surface area contributed by atoms with Gasteiger partial charge in [-0.15, -0.1) is 0 Å². The Kier molecular flexibility index (Phi) is 7.81. The molecule has 0 spiro atoms. The number of rotatable bonds is 6. The highest BCUT2D eigenvalue weighted by atomic mass is 16.5. The Morgan fingerprint density at radius 3 is 2.43 bits per heavy atom. The Morgan fingerprint density at radius 2 is 1.78 bits per heavy atom. The van der Waals surface area contributed by atoms with Gasteiger partial charge in [-0.1, -0.05) is 44.6 Å². The summed E-state index contributed by atoms with van der Waals surface area (Å²) in [5.74, 6) is 9.02. The summed E-state index contributed by atoms with van der Waals surface area (Å²) in [5.41, 5.74) is 1.05. The maximum absolute atomic E-state index is 5.58. The zero-order valence-electron chi connectivity index (χ0n) is 14.7. The summed E-state index contributed by atoms with van der Waals surface area (Å²) in [7, 11) is 0. The summed E-state index contributed by atoms with van der Waals surface area (Å²) >= 11 is 0. The number of allylic oxidation sites excluding steroid dienone is 2. The van der Waals surface area contributed by atoms with Crippen molar-refractivity contribution in [3.05, 3.63) is 42.0 Å². The highest BCUT2D eigenvalue weighted by molar-refractivity contribution is 5.40. The first-order valence-electron chi connectivity index (χ1n) is 9.22. The van der Waals surface area contributed by atoms with Crippen molar-refractivity contribution in [1.82, 2.24) is 0 Å². The van der Waals surface area contributed by atoms with Crippen molar-refractivity contribution in [2.24, 2.45) is 11.8 Å². The van der Waals surface area contributed by atoms with Crippen LogP contribution in [0.2, 0.25) is 0 Å². The first kappa shape index (κ1) is 17.7. The molecule has 1 nitrogen and oxygen atoms in total. The average Bonchev–Trinajstić information content (AvgIpc) is 2.59. The molecule has 0 bridgehead atoms. The lowest BCUT2D eigenvalue weighted by Crippen LogP contribution is -2.12. The van der Waals surface area contributed by atoms with E-state index in [1.807, 2.05) is 30.3 Å². The highest BCUT2D eigenvalue weighted by Gasteiger charge is 2.18. The third-order valence-electron chi connectivity index (χ3n) is 4.58. The third-order valence-corrected chi connectivity index (χ3v) is 4.58. The van der Waals surface area contributed by atoms with Crippen molar-refractivity contribution < 1.29 is 4.74 Å². The largest absolute Gasteiger partial charge is 0.494 e. The molecule has 0 aliphatic heterocycles. The van der Waals surface area contributed by atoms with Crippen LogP contribution in [0.15, 0.2) is 36.4 Å². The Labute approximate surface area is 142 Å². The zero-order chi connectivity index (χ0) is 16.3. The van der Waals surface area contributed by atoms with E-state index in [1.54, 1.807) is 0 Å². The summed E-state index contributed by atoms with van der Waals surface area (Å²) in [4.78, 5) is 0. The summed E-state index contributed by atoms with van der Waals surface area (Å²) in [5, 5.41) is 0. The molecule has 124 valence electrons. The minimum absolute atomic E-state index is 0.738. The summed E-state index contributed by atoms with van der Waals surface area (Å²) in [6.07, 6.45) is 13.6. The molecule has 1 saturated carbocycles. The van der Waals surface area contributed by atoms with Gasteiger partial charge in [0.15, 0.2) is 0 Å². The molecule has 2 rings (SSSR count). The number of hydrogen-bond donors (Lipinski definition) is 0. The Balaban J connectivity index is 1.76. The van der Waals surface area contributed by atoms with E-state index < -0.39 is 0 Å². The van der Waals surface area contributed by atoms with E-state index in [9.17, 15) is 0 Å². The van der Waals surface area contributed by atoms with Crippen molar-refractivity contribution in [1.29, 1.82) is 0 Å². The van der Waals surface area contributed by atoms with Crippen LogP contribution in [-0.4, -0.2) is 6.61 Å². The molecule has 0 unspecified atom stereocenters. The van der Waals surface area contributed by atoms with Crippen LogP contribution in [0.4, 0.5) is 0 Å². The lowest BCUT2D eigenvalue weighted by molar-refractivity contribution is 0.294. The van der Waals surface area contributed by atoms with Crippen LogP contribution in [0.5, 0.6) is 5.75 Å². The van der Waals surface area contributed by atoms with E-state index in [4.69, 9.17) is 4.74 Å². The van der Waals surface area contributed by atoms with Crippen LogP contribution in [-0.2, 0) is 0 Å². The Morgan fingerprint density at radius 1 is 1.04 bits per heavy atom. The SMILES string of the molecule is CCCOc1ccc(C#C/C=C/C2CCC(CCC)CC2)cc1. The van der Waals surface area contributed by atoms with E-state index in [-0.39, 0.29) is 0 Å². The second kappa shape index (κ2) is 10.2. The number of hydrogen-bond acceptors (Lipinski definition) is 1. The van der Waals surface area contributed by atoms with Gasteiger partial charge >= 0.3 is 0 Å². The van der Waals surface area contributed by atoms with Gasteiger partial charge < -0.3 is 4.74 Å². The van der Waals surface area contributed by atoms with Crippen molar-refractivity contribution in [2.45, 2.75) is 58.8 Å². The second-order valence-corrected chi connectivity index (χ2v) is 6.57. The normalized spacial score (nSPS) is 21.0. The topological polar surface area (TPSA) is 9.23 Å². The Bertz CT molecular complexity index is 521. The second-order valence-electron chi connectivity index (χ2n) is 6.57. The smallest absolute Gasteiger partial charge is 0.119 e. The quantitative estimate of drug-likeness (QED) is 0.586. The summed E-state index contributed by atoms with van der Waals surface area (Å²) < 4.78 is 5.58. The lowest BCUT2D eigenvalue weighted by atomic mass is 9.80. The molecule has 1 aliphatic rings. The molecule has 1 fully saturated rings. The minimum atomic E-state index is 0.738. The molecule has 0 amide bonds. The van der Waals surface area contributed by atoms with Gasteiger partial charge in [0.1, 0.15) is 5.75 Å². The van der Waals surface area contributed by atoms with E-state index >= 15 is 0 Å². The lowest BCUT2D eigenvalue weighted by Gasteiger charge is -2.26. The first-order chi connectivity index (χ1) is 11.3. The van der Waals surface area contributed by atoms with Gasteiger partial charge in [-0.05, 0) is 74.3 Å². The van der Waals surface area contributed by atoms with Gasteiger partial charge in [-0.25, -0.2) is 0 Å². The summed E-state index contributed by atoms with van der Waals surface area (Å²) in [6.45, 7) is 5.18. The van der Waals surface area contributed by atoms with Crippen molar-refractivity contribution >= 4 is 0 Å². The van der Waals surface area contributed by atoms with Crippen LogP contribution < -0.4 is 4.74 Å². The average molecular weight is 310 g/mol. The highest BCUT2D eigenvalue weighted by Crippen LogP contribution is 2.31. The van der Waals surface area contributed by atoms with Gasteiger partial charge in [-0.2, -0.15) is 0 Å². The fourth-order valence-electron chi connectivity index (χ4n) is 3.24. The maximum atomic E-state index is 5.58. The molecular formula is C22H30O. The molecule has 1 aromatic carbocycles. The van der Waals surface area contributed by atoms with Crippen LogP contribution in [0.3, 0.4) is 0 Å². The number of ether oxygens (including phenoxy) is 1. The molecule has 1 heteroatoms. The van der Waals surface area contributed by atoms with Crippen molar-refractivity contribution in [3.8, 4) is 17.6 Å². The molecular weight excluding hydrogens is 280 g/mol. The predicted molar refractivity (Wildman–Crippen MR) is 98.6 cm³/mol. The van der Waals surface area contributed by atoms with E-state index in [2.05, 4.69) is 31.8 Å². The Hall–Kier alpha value is -1.68. The van der Waals surface area contributed by atoms with Gasteiger partial charge in [0.05, 0.1) is 6.61 Å². The fraction of sp³-hybridized carbons (Fsp3) is 0.545. The molecule has 1 aliphatic carbocycles. The summed E-state index contributed by atoms with van der Waals surface area (Å²) in [6, 6.07) is 8.06. The molecule has 0 N–H and O–H groups in total. The maximum Gasteiger partial charge on any atom is 0.119 e. The van der Waals surface area contributed by atoms with E-state index in [1.165, 1.54) is 38.5 Å². The van der Waals surface area contributed by atoms with Crippen LogP contribution in [0, 0.1) is 23.7 Å². The third kappa shape index (κ3) is 6.53. The van der Waals surface area contributed by atoms with Crippen LogP contribution >= 0.6 is 0 Å². The molecule has 0 radical (unpaired) electrons. The molecule has 0 aromatic heterocycles. The van der Waals surface area contributed by atoms with Crippen molar-refractivity contribution in [3.63, 3.8) is 0 Å². The van der Waals surface area contributed by atoms with Crippen LogP contribution in [0.25, 0.3) is 0 Å². The standard InChI is InChI=1S/C22H30O/c1-3-7-19-10-12-20(13-11-19)8-5-6-9-21-14-16-22(17-15-21)23-18-4-2/h5,8,14-17,19-20H,3-4,7,10-13,18H2,1-2H3/b8-5+. The monoisotopic (exact) mass is 310 g/mol. The van der Waals surface area contributed by atoms with E-state index in [0.717, 1.165) is 36.2 Å². The number of benzene rings is 1. The minimum Gasteiger partial charge on any atom is -0.494 e. The van der Waals surface area contributed by atoms with Gasteiger partial charge in [0, 0.05) is 5.56 Å². The van der Waals surface area contributed by atoms with Crippen LogP contribution in [0.1, 0.15) is 64.4 Å². The zero-order valence-corrected chi connectivity index (χ0v) is 14.7. The van der Waals surface area contributed by atoms with Gasteiger partial charge in [-0.3, -0.25) is 0 Å². The first-order valence-corrected chi connectivity index (χ1v) is 9.22. The van der Waals surface area contributed by atoms with Gasteiger partial charge in [0.2, 0.25) is 0 Å². The fourth-order valence-corrected chi connectivity index (χ4v) is 3.24. The van der Waals surface area contributed by atoms with Gasteiger partial charge in [0.25, 0.3) is 0 Å². The van der Waals surface area contributed by atoms with E-state index in [0.29, 0.717) is 0 Å². The molecule has 0 saturated heterocycles. The van der Waals surface area contributed by atoms with Crippen molar-refractivity contribution in [2.75, 3.05) is 6.61 Å². The molecule has 23 heavy (non-hydrogen) atoms. The molecule has 0 heterocycles. The molecule has 1 aromatic rings. The molecule has 0 atom stereocenters.